The first-order valence-corrected chi connectivity index (χ1v) is 6.35. The van der Waals surface area contributed by atoms with Crippen molar-refractivity contribution in [3.63, 3.8) is 0 Å². The number of amides is 1. The third-order valence-corrected chi connectivity index (χ3v) is 2.22. The highest BCUT2D eigenvalue weighted by Crippen LogP contribution is 2.17. The summed E-state index contributed by atoms with van der Waals surface area (Å²) < 4.78 is 5.23. The van der Waals surface area contributed by atoms with Crippen LogP contribution in [0.15, 0.2) is 11.6 Å². The molecule has 0 aromatic carbocycles. The van der Waals surface area contributed by atoms with Crippen molar-refractivity contribution < 1.29 is 19.4 Å². The van der Waals surface area contributed by atoms with Gasteiger partial charge in [-0.25, -0.2) is 4.79 Å². The molecular weight excluding hydrogens is 246 g/mol. The number of hydrogen-bond donors (Lipinski definition) is 2. The zero-order valence-electron chi connectivity index (χ0n) is 12.4. The predicted octanol–water partition coefficient (Wildman–Crippen LogP) is 1.97. The molecule has 0 saturated heterocycles. The minimum atomic E-state index is -1.08. The maximum Gasteiger partial charge on any atom is 0.328 e. The molecule has 19 heavy (non-hydrogen) atoms. The fourth-order valence-corrected chi connectivity index (χ4v) is 1.31. The molecule has 5 heteroatoms. The van der Waals surface area contributed by atoms with Gasteiger partial charge in [0.05, 0.1) is 13.2 Å². The van der Waals surface area contributed by atoms with Gasteiger partial charge < -0.3 is 15.2 Å². The Hall–Kier alpha value is -1.36. The molecule has 0 unspecified atom stereocenters. The third kappa shape index (κ3) is 10.3. The fraction of sp³-hybridized carbons (Fsp3) is 0.714. The number of hydrogen-bond acceptors (Lipinski definition) is 3. The molecule has 110 valence electrons. The number of carbonyl (C=O) groups excluding carboxylic acids is 1. The minimum Gasteiger partial charge on any atom is -0.480 e. The Morgan fingerprint density at radius 2 is 1.89 bits per heavy atom. The zero-order chi connectivity index (χ0) is 15.1. The van der Waals surface area contributed by atoms with E-state index in [9.17, 15) is 9.59 Å². The first-order valence-electron chi connectivity index (χ1n) is 6.35. The van der Waals surface area contributed by atoms with Gasteiger partial charge in [-0.15, -0.1) is 0 Å². The standard InChI is InChI=1S/C14H25NO4/c1-10(2)6-7-19-9-11(13(17)18)15-12(16)8-14(3,4)5/h6,11H,7-9H2,1-5H3,(H,15,16)(H,17,18)/t11-/m1/s1. The molecular formula is C14H25NO4. The smallest absolute Gasteiger partial charge is 0.328 e. The van der Waals surface area contributed by atoms with E-state index in [-0.39, 0.29) is 24.3 Å². The number of carboxylic acid groups (broad SMARTS) is 1. The summed E-state index contributed by atoms with van der Waals surface area (Å²) in [7, 11) is 0. The molecule has 0 fully saturated rings. The van der Waals surface area contributed by atoms with E-state index in [4.69, 9.17) is 9.84 Å². The number of carboxylic acids is 1. The summed E-state index contributed by atoms with van der Waals surface area (Å²) in [6, 6.07) is -1.000. The fourth-order valence-electron chi connectivity index (χ4n) is 1.31. The Labute approximate surface area is 115 Å². The number of carbonyl (C=O) groups is 2. The van der Waals surface area contributed by atoms with Crippen molar-refractivity contribution in [2.75, 3.05) is 13.2 Å². The van der Waals surface area contributed by atoms with Gasteiger partial charge in [0.15, 0.2) is 6.04 Å². The van der Waals surface area contributed by atoms with E-state index in [1.807, 2.05) is 40.7 Å². The lowest BCUT2D eigenvalue weighted by molar-refractivity contribution is -0.143. The second-order valence-corrected chi connectivity index (χ2v) is 6.01. The second-order valence-electron chi connectivity index (χ2n) is 6.01. The summed E-state index contributed by atoms with van der Waals surface area (Å²) in [5.74, 6) is -1.36. The largest absolute Gasteiger partial charge is 0.480 e. The zero-order valence-corrected chi connectivity index (χ0v) is 12.4. The van der Waals surface area contributed by atoms with Crippen molar-refractivity contribution in [1.82, 2.24) is 5.32 Å². The van der Waals surface area contributed by atoms with Crippen LogP contribution in [-0.2, 0) is 14.3 Å². The molecule has 0 heterocycles. The van der Waals surface area contributed by atoms with Gasteiger partial charge in [0.2, 0.25) is 5.91 Å². The van der Waals surface area contributed by atoms with Crippen LogP contribution in [-0.4, -0.2) is 36.2 Å². The second kappa shape index (κ2) is 7.94. The van der Waals surface area contributed by atoms with Crippen molar-refractivity contribution in [1.29, 1.82) is 0 Å². The van der Waals surface area contributed by atoms with E-state index in [1.165, 1.54) is 0 Å². The lowest BCUT2D eigenvalue weighted by Gasteiger charge is -2.20. The molecule has 1 amide bonds. The summed E-state index contributed by atoms with van der Waals surface area (Å²) in [5, 5.41) is 11.5. The molecule has 0 aliphatic heterocycles. The Balaban J connectivity index is 4.23. The van der Waals surface area contributed by atoms with Crippen LogP contribution in [0.4, 0.5) is 0 Å². The van der Waals surface area contributed by atoms with E-state index >= 15 is 0 Å². The van der Waals surface area contributed by atoms with Gasteiger partial charge in [0.25, 0.3) is 0 Å². The Morgan fingerprint density at radius 1 is 1.32 bits per heavy atom. The van der Waals surface area contributed by atoms with Gasteiger partial charge in [-0.05, 0) is 19.3 Å². The van der Waals surface area contributed by atoms with E-state index in [2.05, 4.69) is 5.32 Å². The van der Waals surface area contributed by atoms with E-state index in [0.29, 0.717) is 6.61 Å². The Kier molecular flexibility index (Phi) is 7.37. The van der Waals surface area contributed by atoms with Crippen LogP contribution in [0, 0.1) is 5.41 Å². The highest BCUT2D eigenvalue weighted by atomic mass is 16.5. The number of nitrogens with one attached hydrogen (secondary N) is 1. The molecule has 1 atom stereocenters. The maximum absolute atomic E-state index is 11.7. The average molecular weight is 271 g/mol. The molecule has 0 aliphatic carbocycles. The molecule has 0 aromatic heterocycles. The normalized spacial score (nSPS) is 12.7. The number of allylic oxidation sites excluding steroid dienone is 1. The van der Waals surface area contributed by atoms with Crippen molar-refractivity contribution >= 4 is 11.9 Å². The molecule has 0 spiro atoms. The van der Waals surface area contributed by atoms with Gasteiger partial charge in [0.1, 0.15) is 0 Å². The number of aliphatic carboxylic acids is 1. The van der Waals surface area contributed by atoms with Crippen LogP contribution in [0.5, 0.6) is 0 Å². The van der Waals surface area contributed by atoms with Crippen molar-refractivity contribution in [3.05, 3.63) is 11.6 Å². The summed E-state index contributed by atoms with van der Waals surface area (Å²) >= 11 is 0. The van der Waals surface area contributed by atoms with Gasteiger partial charge >= 0.3 is 5.97 Å². The first-order chi connectivity index (χ1) is 8.61. The van der Waals surface area contributed by atoms with Gasteiger partial charge in [0, 0.05) is 6.42 Å². The number of rotatable bonds is 7. The van der Waals surface area contributed by atoms with E-state index in [1.54, 1.807) is 0 Å². The molecule has 0 radical (unpaired) electrons. The summed E-state index contributed by atoms with van der Waals surface area (Å²) in [6.45, 7) is 9.96. The summed E-state index contributed by atoms with van der Waals surface area (Å²) in [4.78, 5) is 22.7. The SMILES string of the molecule is CC(C)=CCOC[C@@H](NC(=O)CC(C)(C)C)C(=O)O. The Morgan fingerprint density at radius 3 is 2.32 bits per heavy atom. The van der Waals surface area contributed by atoms with Crippen LogP contribution < -0.4 is 5.32 Å². The van der Waals surface area contributed by atoms with Crippen LogP contribution in [0.3, 0.4) is 0 Å². The van der Waals surface area contributed by atoms with Crippen molar-refractivity contribution in [3.8, 4) is 0 Å². The topological polar surface area (TPSA) is 75.6 Å². The van der Waals surface area contributed by atoms with Gasteiger partial charge in [-0.3, -0.25) is 4.79 Å². The molecule has 0 rings (SSSR count). The molecule has 0 bridgehead atoms. The maximum atomic E-state index is 11.7. The molecule has 0 saturated carbocycles. The molecule has 5 nitrogen and oxygen atoms in total. The lowest BCUT2D eigenvalue weighted by atomic mass is 9.92. The van der Waals surface area contributed by atoms with E-state index in [0.717, 1.165) is 5.57 Å². The quantitative estimate of drug-likeness (QED) is 0.548. The summed E-state index contributed by atoms with van der Waals surface area (Å²) in [5.41, 5.74) is 0.930. The molecule has 2 N–H and O–H groups in total. The average Bonchev–Trinajstić information content (AvgIpc) is 2.19. The molecule has 0 aromatic rings. The van der Waals surface area contributed by atoms with Crippen LogP contribution in [0.25, 0.3) is 0 Å². The van der Waals surface area contributed by atoms with Crippen LogP contribution in [0.1, 0.15) is 41.0 Å². The summed E-state index contributed by atoms with van der Waals surface area (Å²) in [6.07, 6.45) is 2.14. The minimum absolute atomic E-state index is 0.0327. The van der Waals surface area contributed by atoms with Crippen molar-refractivity contribution in [2.45, 2.75) is 47.1 Å². The predicted molar refractivity (Wildman–Crippen MR) is 73.9 cm³/mol. The van der Waals surface area contributed by atoms with Crippen LogP contribution >= 0.6 is 0 Å². The monoisotopic (exact) mass is 271 g/mol. The highest BCUT2D eigenvalue weighted by molar-refractivity contribution is 5.83. The van der Waals surface area contributed by atoms with Crippen molar-refractivity contribution in [2.24, 2.45) is 5.41 Å². The van der Waals surface area contributed by atoms with Gasteiger partial charge in [-0.2, -0.15) is 0 Å². The number of ether oxygens (including phenoxy) is 1. The first kappa shape index (κ1) is 17.6. The van der Waals surface area contributed by atoms with Crippen LogP contribution in [0.2, 0.25) is 0 Å². The van der Waals surface area contributed by atoms with E-state index < -0.39 is 12.0 Å². The molecule has 0 aliphatic rings. The Bertz CT molecular complexity index is 338. The van der Waals surface area contributed by atoms with Gasteiger partial charge in [-0.1, -0.05) is 32.4 Å². The third-order valence-electron chi connectivity index (χ3n) is 2.22. The lowest BCUT2D eigenvalue weighted by Crippen LogP contribution is -2.45. The highest BCUT2D eigenvalue weighted by Gasteiger charge is 2.23.